The Morgan fingerprint density at radius 1 is 1.17 bits per heavy atom. The van der Waals surface area contributed by atoms with E-state index in [1.807, 2.05) is 25.1 Å². The van der Waals surface area contributed by atoms with Gasteiger partial charge in [-0.1, -0.05) is 50.3 Å². The largest absolute Gasteiger partial charge is 0.493 e. The van der Waals surface area contributed by atoms with Crippen LogP contribution in [0.3, 0.4) is 0 Å². The molecule has 1 aliphatic rings. The maximum Gasteiger partial charge on any atom is 0.305 e. The zero-order chi connectivity index (χ0) is 21.9. The second-order valence-corrected chi connectivity index (χ2v) is 8.45. The number of benzene rings is 1. The van der Waals surface area contributed by atoms with Crippen molar-refractivity contribution in [1.29, 1.82) is 0 Å². The third-order valence-electron chi connectivity index (χ3n) is 4.34. The van der Waals surface area contributed by atoms with E-state index in [-0.39, 0.29) is 18.3 Å². The normalized spacial score (nSPS) is 15.0. The molecule has 0 spiro atoms. The second kappa shape index (κ2) is 12.6. The molecule has 0 bridgehead atoms. The van der Waals surface area contributed by atoms with Crippen LogP contribution in [0.25, 0.3) is 6.08 Å². The second-order valence-electron chi connectivity index (χ2n) is 6.77. The summed E-state index contributed by atoms with van der Waals surface area (Å²) in [6, 6.07) is 5.58. The van der Waals surface area contributed by atoms with Crippen molar-refractivity contribution < 1.29 is 23.8 Å². The fraction of sp³-hybridized carbons (Fsp3) is 0.500. The van der Waals surface area contributed by atoms with Gasteiger partial charge >= 0.3 is 5.97 Å². The van der Waals surface area contributed by atoms with Gasteiger partial charge in [-0.25, -0.2) is 0 Å². The van der Waals surface area contributed by atoms with E-state index in [9.17, 15) is 9.59 Å². The predicted octanol–water partition coefficient (Wildman–Crippen LogP) is 4.81. The maximum atomic E-state index is 12.7. The number of nitrogens with zero attached hydrogens (tertiary/aromatic N) is 1. The van der Waals surface area contributed by atoms with Crippen molar-refractivity contribution in [2.45, 2.75) is 46.0 Å². The first-order valence-corrected chi connectivity index (χ1v) is 11.4. The molecule has 0 aliphatic carbocycles. The summed E-state index contributed by atoms with van der Waals surface area (Å²) in [4.78, 5) is 26.5. The number of carbonyl (C=O) groups is 2. The van der Waals surface area contributed by atoms with Gasteiger partial charge in [-0.3, -0.25) is 14.5 Å². The lowest BCUT2D eigenvalue weighted by atomic mass is 10.2. The number of ether oxygens (including phenoxy) is 3. The average Bonchev–Trinajstić information content (AvgIpc) is 3.00. The molecular weight excluding hydrogens is 422 g/mol. The van der Waals surface area contributed by atoms with Crippen LogP contribution < -0.4 is 9.47 Å². The smallest absolute Gasteiger partial charge is 0.305 e. The SMILES string of the molecule is CCCCOc1ccc(/C=C2\SC(=S)N(CCCC(=O)OCCC)C2=O)cc1OC. The van der Waals surface area contributed by atoms with Crippen LogP contribution in [0.15, 0.2) is 23.1 Å². The number of thiocarbonyl (C=S) groups is 1. The average molecular weight is 452 g/mol. The van der Waals surface area contributed by atoms with Crippen LogP contribution in [-0.2, 0) is 14.3 Å². The summed E-state index contributed by atoms with van der Waals surface area (Å²) < 4.78 is 16.7. The van der Waals surface area contributed by atoms with Gasteiger partial charge in [-0.15, -0.1) is 0 Å². The van der Waals surface area contributed by atoms with Crippen molar-refractivity contribution in [2.75, 3.05) is 26.9 Å². The molecule has 1 aromatic rings. The minimum atomic E-state index is -0.244. The number of carbonyl (C=O) groups excluding carboxylic acids is 2. The van der Waals surface area contributed by atoms with Gasteiger partial charge in [-0.2, -0.15) is 0 Å². The fourth-order valence-corrected chi connectivity index (χ4v) is 4.04. The Labute approximate surface area is 187 Å². The van der Waals surface area contributed by atoms with Gasteiger partial charge in [-0.05, 0) is 43.0 Å². The fourth-order valence-electron chi connectivity index (χ4n) is 2.73. The van der Waals surface area contributed by atoms with Crippen LogP contribution >= 0.6 is 24.0 Å². The molecule has 1 aliphatic heterocycles. The van der Waals surface area contributed by atoms with Crippen molar-refractivity contribution in [3.05, 3.63) is 28.7 Å². The van der Waals surface area contributed by atoms with Crippen LogP contribution in [0.5, 0.6) is 11.5 Å². The predicted molar refractivity (Wildman–Crippen MR) is 124 cm³/mol. The zero-order valence-corrected chi connectivity index (χ0v) is 19.4. The highest BCUT2D eigenvalue weighted by Gasteiger charge is 2.31. The van der Waals surface area contributed by atoms with E-state index in [0.717, 1.165) is 24.8 Å². The van der Waals surface area contributed by atoms with Gasteiger partial charge in [0.05, 0.1) is 25.2 Å². The summed E-state index contributed by atoms with van der Waals surface area (Å²) in [5.74, 6) is 0.923. The molecule has 30 heavy (non-hydrogen) atoms. The molecule has 1 amide bonds. The molecule has 0 aromatic heterocycles. The van der Waals surface area contributed by atoms with Crippen LogP contribution in [0, 0.1) is 0 Å². The molecule has 1 aromatic carbocycles. The molecule has 0 atom stereocenters. The van der Waals surface area contributed by atoms with E-state index in [4.69, 9.17) is 26.4 Å². The summed E-state index contributed by atoms with van der Waals surface area (Å²) in [7, 11) is 1.59. The third kappa shape index (κ3) is 7.02. The van der Waals surface area contributed by atoms with Crippen molar-refractivity contribution in [3.63, 3.8) is 0 Å². The quantitative estimate of drug-likeness (QED) is 0.196. The van der Waals surface area contributed by atoms with Gasteiger partial charge in [0.1, 0.15) is 4.32 Å². The number of unbranched alkanes of at least 4 members (excludes halogenated alkanes) is 1. The maximum absolute atomic E-state index is 12.7. The number of hydrogen-bond acceptors (Lipinski definition) is 7. The molecule has 1 fully saturated rings. The first kappa shape index (κ1) is 24.2. The van der Waals surface area contributed by atoms with E-state index in [0.29, 0.717) is 46.9 Å². The number of hydrogen-bond donors (Lipinski definition) is 0. The van der Waals surface area contributed by atoms with Crippen LogP contribution in [0.1, 0.15) is 51.5 Å². The number of thioether (sulfide) groups is 1. The Balaban J connectivity index is 1.99. The van der Waals surface area contributed by atoms with E-state index >= 15 is 0 Å². The Hall–Kier alpha value is -2.06. The summed E-state index contributed by atoms with van der Waals surface area (Å²) >= 11 is 6.62. The molecule has 2 rings (SSSR count). The highest BCUT2D eigenvalue weighted by atomic mass is 32.2. The Morgan fingerprint density at radius 2 is 1.97 bits per heavy atom. The lowest BCUT2D eigenvalue weighted by Crippen LogP contribution is -2.29. The Kier molecular flexibility index (Phi) is 10.2. The lowest BCUT2D eigenvalue weighted by Gasteiger charge is -2.13. The van der Waals surface area contributed by atoms with Crippen molar-refractivity contribution in [1.82, 2.24) is 4.90 Å². The summed E-state index contributed by atoms with van der Waals surface area (Å²) in [5.41, 5.74) is 0.832. The van der Waals surface area contributed by atoms with Crippen LogP contribution in [0.2, 0.25) is 0 Å². The molecule has 0 unspecified atom stereocenters. The first-order valence-electron chi connectivity index (χ1n) is 10.2. The van der Waals surface area contributed by atoms with Gasteiger partial charge < -0.3 is 14.2 Å². The number of amides is 1. The Morgan fingerprint density at radius 3 is 2.67 bits per heavy atom. The lowest BCUT2D eigenvalue weighted by molar-refractivity contribution is -0.144. The molecule has 1 heterocycles. The van der Waals surface area contributed by atoms with Gasteiger partial charge in [0.25, 0.3) is 5.91 Å². The molecular formula is C22H29NO5S2. The van der Waals surface area contributed by atoms with E-state index in [1.54, 1.807) is 18.1 Å². The standard InChI is InChI=1S/C22H29NO5S2/c1-4-6-13-27-17-10-9-16(14-18(17)26-3)15-19-21(25)23(22(29)30-19)11-7-8-20(24)28-12-5-2/h9-10,14-15H,4-8,11-13H2,1-3H3/b19-15-. The molecule has 6 nitrogen and oxygen atoms in total. The van der Waals surface area contributed by atoms with Crippen molar-refractivity contribution >= 4 is 46.3 Å². The van der Waals surface area contributed by atoms with Crippen LogP contribution in [-0.4, -0.2) is 48.0 Å². The van der Waals surface area contributed by atoms with E-state index in [1.165, 1.54) is 11.8 Å². The van der Waals surface area contributed by atoms with Crippen molar-refractivity contribution in [2.24, 2.45) is 0 Å². The van der Waals surface area contributed by atoms with E-state index in [2.05, 4.69) is 6.92 Å². The molecule has 164 valence electrons. The first-order chi connectivity index (χ1) is 14.5. The molecule has 0 radical (unpaired) electrons. The summed E-state index contributed by atoms with van der Waals surface area (Å²) in [5, 5.41) is 0. The van der Waals surface area contributed by atoms with Gasteiger partial charge in [0.2, 0.25) is 0 Å². The monoisotopic (exact) mass is 451 g/mol. The molecule has 8 heteroatoms. The minimum absolute atomic E-state index is 0.144. The van der Waals surface area contributed by atoms with Crippen molar-refractivity contribution in [3.8, 4) is 11.5 Å². The highest BCUT2D eigenvalue weighted by molar-refractivity contribution is 8.26. The number of methoxy groups -OCH3 is 1. The Bertz CT molecular complexity index is 794. The van der Waals surface area contributed by atoms with Crippen LogP contribution in [0.4, 0.5) is 0 Å². The minimum Gasteiger partial charge on any atom is -0.493 e. The molecule has 0 N–H and O–H groups in total. The van der Waals surface area contributed by atoms with E-state index < -0.39 is 0 Å². The summed E-state index contributed by atoms with van der Waals surface area (Å²) in [6.45, 7) is 5.52. The summed E-state index contributed by atoms with van der Waals surface area (Å²) in [6.07, 6.45) is 5.41. The van der Waals surface area contributed by atoms with Gasteiger partial charge in [0, 0.05) is 13.0 Å². The highest BCUT2D eigenvalue weighted by Crippen LogP contribution is 2.35. The number of esters is 1. The molecule has 0 saturated carbocycles. The van der Waals surface area contributed by atoms with Gasteiger partial charge in [0.15, 0.2) is 11.5 Å². The third-order valence-corrected chi connectivity index (χ3v) is 5.72. The molecule has 1 saturated heterocycles. The zero-order valence-electron chi connectivity index (χ0n) is 17.8. The topological polar surface area (TPSA) is 65.1 Å². The number of rotatable bonds is 12.